The summed E-state index contributed by atoms with van der Waals surface area (Å²) in [5.74, 6) is 1.50. The molecule has 0 bridgehead atoms. The third-order valence-corrected chi connectivity index (χ3v) is 3.74. The molecule has 0 radical (unpaired) electrons. The molecule has 124 valence electrons. The third kappa shape index (κ3) is 5.85. The topological polar surface area (TPSA) is 30.5 Å². The van der Waals surface area contributed by atoms with E-state index in [1.807, 2.05) is 24.3 Å². The highest BCUT2D eigenvalue weighted by Crippen LogP contribution is 2.27. The van der Waals surface area contributed by atoms with Crippen LogP contribution in [0.2, 0.25) is 10.0 Å². The molecule has 3 nitrogen and oxygen atoms in total. The quantitative estimate of drug-likeness (QED) is 0.589. The molecule has 0 aromatic heterocycles. The largest absolute Gasteiger partial charge is 0.491 e. The van der Waals surface area contributed by atoms with Gasteiger partial charge in [-0.1, -0.05) is 48.7 Å². The molecule has 1 N–H and O–H groups in total. The monoisotopic (exact) mass is 353 g/mol. The van der Waals surface area contributed by atoms with Crippen molar-refractivity contribution in [2.24, 2.45) is 0 Å². The van der Waals surface area contributed by atoms with Crippen LogP contribution in [0.15, 0.2) is 42.5 Å². The third-order valence-electron chi connectivity index (χ3n) is 3.21. The van der Waals surface area contributed by atoms with E-state index in [1.165, 1.54) is 0 Å². The van der Waals surface area contributed by atoms with Crippen molar-refractivity contribution in [2.45, 2.75) is 19.8 Å². The van der Waals surface area contributed by atoms with Crippen LogP contribution < -0.4 is 14.8 Å². The van der Waals surface area contributed by atoms with Crippen LogP contribution in [-0.2, 0) is 0 Å². The maximum Gasteiger partial charge on any atom is 0.142 e. The minimum Gasteiger partial charge on any atom is -0.491 e. The van der Waals surface area contributed by atoms with E-state index >= 15 is 0 Å². The summed E-state index contributed by atoms with van der Waals surface area (Å²) in [4.78, 5) is 0. The van der Waals surface area contributed by atoms with Gasteiger partial charge in [0.05, 0.1) is 17.3 Å². The first-order valence-electron chi connectivity index (χ1n) is 7.74. The number of halogens is 2. The second-order valence-electron chi connectivity index (χ2n) is 5.05. The molecular formula is C18H21Cl2NO2. The Kier molecular flexibility index (Phi) is 7.37. The van der Waals surface area contributed by atoms with Crippen LogP contribution in [-0.4, -0.2) is 19.8 Å². The van der Waals surface area contributed by atoms with Crippen LogP contribution in [0, 0.1) is 0 Å². The van der Waals surface area contributed by atoms with Crippen LogP contribution >= 0.6 is 23.2 Å². The Hall–Kier alpha value is -1.58. The van der Waals surface area contributed by atoms with Crippen molar-refractivity contribution in [3.8, 4) is 11.5 Å². The van der Waals surface area contributed by atoms with E-state index in [-0.39, 0.29) is 0 Å². The Morgan fingerprint density at radius 2 is 1.74 bits per heavy atom. The maximum atomic E-state index is 6.07. The lowest BCUT2D eigenvalue weighted by molar-refractivity contribution is 0.309. The molecule has 0 spiro atoms. The lowest BCUT2D eigenvalue weighted by Gasteiger charge is -2.14. The molecule has 0 unspecified atom stereocenters. The van der Waals surface area contributed by atoms with E-state index in [2.05, 4.69) is 12.2 Å². The average molecular weight is 354 g/mol. The molecule has 2 rings (SSSR count). The minimum atomic E-state index is 0.491. The molecule has 0 aliphatic rings. The van der Waals surface area contributed by atoms with Crippen LogP contribution in [0.4, 0.5) is 5.69 Å². The zero-order valence-corrected chi connectivity index (χ0v) is 14.7. The maximum absolute atomic E-state index is 6.07. The SMILES string of the molecule is CCCCOc1ccccc1NCCOc1ccc(Cl)cc1Cl. The van der Waals surface area contributed by atoms with E-state index in [1.54, 1.807) is 18.2 Å². The Morgan fingerprint density at radius 1 is 0.957 bits per heavy atom. The van der Waals surface area contributed by atoms with Crippen LogP contribution in [0.3, 0.4) is 0 Å². The van der Waals surface area contributed by atoms with Gasteiger partial charge in [-0.05, 0) is 36.8 Å². The molecule has 0 fully saturated rings. The van der Waals surface area contributed by atoms with Crippen molar-refractivity contribution in [3.05, 3.63) is 52.5 Å². The van der Waals surface area contributed by atoms with Gasteiger partial charge >= 0.3 is 0 Å². The molecule has 2 aromatic carbocycles. The van der Waals surface area contributed by atoms with Gasteiger partial charge in [0.15, 0.2) is 0 Å². The summed E-state index contributed by atoms with van der Waals surface area (Å²) in [5, 5.41) is 4.43. The normalized spacial score (nSPS) is 10.4. The van der Waals surface area contributed by atoms with Crippen molar-refractivity contribution in [3.63, 3.8) is 0 Å². The fourth-order valence-electron chi connectivity index (χ4n) is 2.00. The smallest absolute Gasteiger partial charge is 0.142 e. The first kappa shape index (κ1) is 17.8. The van der Waals surface area contributed by atoms with Crippen molar-refractivity contribution in [1.29, 1.82) is 0 Å². The first-order valence-corrected chi connectivity index (χ1v) is 8.50. The summed E-state index contributed by atoms with van der Waals surface area (Å²) in [7, 11) is 0. The minimum absolute atomic E-state index is 0.491. The predicted molar refractivity (Wildman–Crippen MR) is 97.3 cm³/mol. The highest BCUT2D eigenvalue weighted by atomic mass is 35.5. The zero-order valence-electron chi connectivity index (χ0n) is 13.1. The Balaban J connectivity index is 1.82. The summed E-state index contributed by atoms with van der Waals surface area (Å²) in [6, 6.07) is 13.1. The summed E-state index contributed by atoms with van der Waals surface area (Å²) in [6.45, 7) is 4.01. The van der Waals surface area contributed by atoms with Gasteiger partial charge in [0.25, 0.3) is 0 Å². The van der Waals surface area contributed by atoms with Gasteiger partial charge in [-0.25, -0.2) is 0 Å². The Labute approximate surface area is 147 Å². The van der Waals surface area contributed by atoms with Crippen molar-refractivity contribution in [1.82, 2.24) is 0 Å². The van der Waals surface area contributed by atoms with Gasteiger partial charge < -0.3 is 14.8 Å². The molecular weight excluding hydrogens is 333 g/mol. The lowest BCUT2D eigenvalue weighted by atomic mass is 10.3. The van der Waals surface area contributed by atoms with E-state index in [9.17, 15) is 0 Å². The molecule has 23 heavy (non-hydrogen) atoms. The number of hydrogen-bond acceptors (Lipinski definition) is 3. The number of para-hydroxylation sites is 2. The fourth-order valence-corrected chi connectivity index (χ4v) is 2.47. The summed E-state index contributed by atoms with van der Waals surface area (Å²) < 4.78 is 11.4. The number of unbranched alkanes of at least 4 members (excludes halogenated alkanes) is 1. The van der Waals surface area contributed by atoms with Gasteiger partial charge in [-0.2, -0.15) is 0 Å². The molecule has 0 aliphatic heterocycles. The molecule has 0 saturated carbocycles. The Bertz CT molecular complexity index is 620. The zero-order chi connectivity index (χ0) is 16.5. The molecule has 0 heterocycles. The molecule has 0 aliphatic carbocycles. The number of benzene rings is 2. The molecule has 0 atom stereocenters. The number of rotatable bonds is 9. The van der Waals surface area contributed by atoms with Crippen molar-refractivity contribution < 1.29 is 9.47 Å². The predicted octanol–water partition coefficient (Wildman–Crippen LogP) is 5.66. The molecule has 2 aromatic rings. The number of anilines is 1. The van der Waals surface area contributed by atoms with E-state index < -0.39 is 0 Å². The lowest BCUT2D eigenvalue weighted by Crippen LogP contribution is -2.12. The summed E-state index contributed by atoms with van der Waals surface area (Å²) in [5.41, 5.74) is 0.967. The molecule has 5 heteroatoms. The van der Waals surface area contributed by atoms with Gasteiger partial charge in [0.1, 0.15) is 18.1 Å². The van der Waals surface area contributed by atoms with E-state index in [0.29, 0.717) is 28.9 Å². The van der Waals surface area contributed by atoms with Crippen molar-refractivity contribution >= 4 is 28.9 Å². The van der Waals surface area contributed by atoms with Gasteiger partial charge in [0.2, 0.25) is 0 Å². The van der Waals surface area contributed by atoms with Crippen LogP contribution in [0.1, 0.15) is 19.8 Å². The highest BCUT2D eigenvalue weighted by molar-refractivity contribution is 6.35. The Morgan fingerprint density at radius 3 is 2.52 bits per heavy atom. The van der Waals surface area contributed by atoms with Gasteiger partial charge in [-0.3, -0.25) is 0 Å². The van der Waals surface area contributed by atoms with E-state index in [4.69, 9.17) is 32.7 Å². The summed E-state index contributed by atoms with van der Waals surface area (Å²) in [6.07, 6.45) is 2.16. The van der Waals surface area contributed by atoms with Crippen molar-refractivity contribution in [2.75, 3.05) is 25.1 Å². The standard InChI is InChI=1S/C18H21Cl2NO2/c1-2-3-11-22-18-7-5-4-6-16(18)21-10-12-23-17-9-8-14(19)13-15(17)20/h4-9,13,21H,2-3,10-12H2,1H3. The second-order valence-corrected chi connectivity index (χ2v) is 5.89. The first-order chi connectivity index (χ1) is 11.2. The number of nitrogens with one attached hydrogen (secondary N) is 1. The number of hydrogen-bond donors (Lipinski definition) is 1. The highest BCUT2D eigenvalue weighted by Gasteiger charge is 2.04. The van der Waals surface area contributed by atoms with Gasteiger partial charge in [0, 0.05) is 11.6 Å². The second kappa shape index (κ2) is 9.53. The van der Waals surface area contributed by atoms with Crippen LogP contribution in [0.25, 0.3) is 0 Å². The molecule has 0 amide bonds. The molecule has 0 saturated heterocycles. The number of ether oxygens (including phenoxy) is 2. The average Bonchev–Trinajstić information content (AvgIpc) is 2.54. The van der Waals surface area contributed by atoms with Crippen LogP contribution in [0.5, 0.6) is 11.5 Å². The fraction of sp³-hybridized carbons (Fsp3) is 0.333. The van der Waals surface area contributed by atoms with E-state index in [0.717, 1.165) is 30.9 Å². The summed E-state index contributed by atoms with van der Waals surface area (Å²) >= 11 is 11.9. The van der Waals surface area contributed by atoms with Gasteiger partial charge in [-0.15, -0.1) is 0 Å².